The van der Waals surface area contributed by atoms with Crippen molar-refractivity contribution in [2.45, 2.75) is 31.2 Å². The molecule has 0 aromatic heterocycles. The van der Waals surface area contributed by atoms with E-state index < -0.39 is 23.9 Å². The van der Waals surface area contributed by atoms with Crippen molar-refractivity contribution in [2.75, 3.05) is 0 Å². The van der Waals surface area contributed by atoms with Crippen molar-refractivity contribution in [3.63, 3.8) is 0 Å². The summed E-state index contributed by atoms with van der Waals surface area (Å²) in [4.78, 5) is 10.4. The topological polar surface area (TPSA) is 63.3 Å². The quantitative estimate of drug-likeness (QED) is 0.626. The number of carboxylic acids is 1. The number of alkyl halides is 2. The van der Waals surface area contributed by atoms with Crippen LogP contribution < -0.4 is 5.73 Å². The number of nitrogens with two attached hydrogens (primary N) is 1. The lowest BCUT2D eigenvalue weighted by Crippen LogP contribution is -2.51. The fourth-order valence-electron chi connectivity index (χ4n) is 1.48. The van der Waals surface area contributed by atoms with E-state index in [1.165, 1.54) is 0 Å². The number of carbonyl (C=O) groups is 1. The second-order valence-corrected chi connectivity index (χ2v) is 3.12. The van der Waals surface area contributed by atoms with Crippen LogP contribution in [0.15, 0.2) is 0 Å². The van der Waals surface area contributed by atoms with Crippen molar-refractivity contribution in [2.24, 2.45) is 11.7 Å². The third kappa shape index (κ3) is 1.55. The van der Waals surface area contributed by atoms with Crippen molar-refractivity contribution in [1.29, 1.82) is 0 Å². The van der Waals surface area contributed by atoms with Crippen LogP contribution in [-0.4, -0.2) is 23.0 Å². The molecular formula is C7H11F2NO2. The predicted molar refractivity (Wildman–Crippen MR) is 37.9 cm³/mol. The summed E-state index contributed by atoms with van der Waals surface area (Å²) >= 11 is 0. The maximum Gasteiger partial charge on any atom is 0.308 e. The Balaban J connectivity index is 2.73. The molecule has 3 nitrogen and oxygen atoms in total. The highest BCUT2D eigenvalue weighted by Crippen LogP contribution is 2.35. The minimum absolute atomic E-state index is 0.234. The molecule has 70 valence electrons. The van der Waals surface area contributed by atoms with Gasteiger partial charge in [-0.3, -0.25) is 4.79 Å². The fraction of sp³-hybridized carbons (Fsp3) is 0.857. The van der Waals surface area contributed by atoms with Gasteiger partial charge in [0.1, 0.15) is 0 Å². The van der Waals surface area contributed by atoms with E-state index in [1.807, 2.05) is 0 Å². The summed E-state index contributed by atoms with van der Waals surface area (Å²) in [7, 11) is 0. The first kappa shape index (κ1) is 9.38. The molecule has 2 unspecified atom stereocenters. The van der Waals surface area contributed by atoms with Gasteiger partial charge in [-0.1, -0.05) is 0 Å². The summed E-state index contributed by atoms with van der Waals surface area (Å²) in [5.41, 5.74) is 5.13. The molecule has 12 heavy (non-hydrogen) atoms. The van der Waals surface area contributed by atoms with Crippen LogP contribution in [0.3, 0.4) is 0 Å². The lowest BCUT2D eigenvalue weighted by atomic mass is 9.82. The number of hydrogen-bond acceptors (Lipinski definition) is 2. The average Bonchev–Trinajstić information content (AvgIpc) is 1.94. The van der Waals surface area contributed by atoms with Gasteiger partial charge in [0, 0.05) is 6.42 Å². The van der Waals surface area contributed by atoms with E-state index in [0.717, 1.165) is 0 Å². The largest absolute Gasteiger partial charge is 0.481 e. The Hall–Kier alpha value is -0.710. The first-order valence-electron chi connectivity index (χ1n) is 3.81. The maximum absolute atomic E-state index is 12.8. The molecule has 1 saturated carbocycles. The molecule has 1 rings (SSSR count). The minimum Gasteiger partial charge on any atom is -0.481 e. The summed E-state index contributed by atoms with van der Waals surface area (Å²) in [5, 5.41) is 8.53. The minimum atomic E-state index is -3.01. The summed E-state index contributed by atoms with van der Waals surface area (Å²) in [6, 6.07) is -1.52. The number of rotatable bonds is 1. The lowest BCUT2D eigenvalue weighted by molar-refractivity contribution is -0.151. The molecule has 0 aliphatic heterocycles. The second kappa shape index (κ2) is 2.97. The Morgan fingerprint density at radius 2 is 2.17 bits per heavy atom. The van der Waals surface area contributed by atoms with Crippen LogP contribution in [0, 0.1) is 5.92 Å². The summed E-state index contributed by atoms with van der Waals surface area (Å²) in [6.07, 6.45) is 0.196. The normalized spacial score (nSPS) is 34.6. The molecule has 5 heteroatoms. The van der Waals surface area contributed by atoms with Gasteiger partial charge in [-0.25, -0.2) is 8.78 Å². The monoisotopic (exact) mass is 179 g/mol. The smallest absolute Gasteiger partial charge is 0.308 e. The molecule has 3 N–H and O–H groups in total. The van der Waals surface area contributed by atoms with Crippen molar-refractivity contribution in [3.05, 3.63) is 0 Å². The van der Waals surface area contributed by atoms with Crippen LogP contribution >= 0.6 is 0 Å². The van der Waals surface area contributed by atoms with E-state index in [4.69, 9.17) is 10.8 Å². The van der Waals surface area contributed by atoms with Crippen LogP contribution in [0.5, 0.6) is 0 Å². The maximum atomic E-state index is 12.8. The SMILES string of the molecule is NC1C(C(=O)O)CCCC1(F)F. The zero-order valence-electron chi connectivity index (χ0n) is 6.46. The summed E-state index contributed by atoms with van der Waals surface area (Å²) < 4.78 is 25.6. The highest BCUT2D eigenvalue weighted by molar-refractivity contribution is 5.71. The molecule has 0 aromatic carbocycles. The van der Waals surface area contributed by atoms with Gasteiger partial charge < -0.3 is 10.8 Å². The molecule has 0 aromatic rings. The lowest BCUT2D eigenvalue weighted by Gasteiger charge is -2.32. The molecule has 0 spiro atoms. The summed E-state index contributed by atoms with van der Waals surface area (Å²) in [5.74, 6) is -5.32. The van der Waals surface area contributed by atoms with Gasteiger partial charge >= 0.3 is 5.97 Å². The van der Waals surface area contributed by atoms with Crippen molar-refractivity contribution >= 4 is 5.97 Å². The van der Waals surface area contributed by atoms with Gasteiger partial charge in [0.15, 0.2) is 0 Å². The highest BCUT2D eigenvalue weighted by Gasteiger charge is 2.47. The number of halogens is 2. The van der Waals surface area contributed by atoms with Crippen molar-refractivity contribution in [3.8, 4) is 0 Å². The molecule has 0 amide bonds. The molecule has 2 atom stereocenters. The molecular weight excluding hydrogens is 168 g/mol. The van der Waals surface area contributed by atoms with Gasteiger partial charge in [0.2, 0.25) is 0 Å². The fourth-order valence-corrected chi connectivity index (χ4v) is 1.48. The number of aliphatic carboxylic acids is 1. The zero-order chi connectivity index (χ0) is 9.35. The van der Waals surface area contributed by atoms with Gasteiger partial charge in [0.05, 0.1) is 12.0 Å². The molecule has 1 aliphatic rings. The zero-order valence-corrected chi connectivity index (χ0v) is 6.46. The predicted octanol–water partition coefficient (Wildman–Crippen LogP) is 0.834. The van der Waals surface area contributed by atoms with E-state index in [2.05, 4.69) is 0 Å². The van der Waals surface area contributed by atoms with Crippen molar-refractivity contribution in [1.82, 2.24) is 0 Å². The molecule has 0 radical (unpaired) electrons. The Bertz CT molecular complexity index is 196. The molecule has 1 aliphatic carbocycles. The Morgan fingerprint density at radius 3 is 2.58 bits per heavy atom. The van der Waals surface area contributed by atoms with E-state index in [1.54, 1.807) is 0 Å². The third-order valence-electron chi connectivity index (χ3n) is 2.26. The summed E-state index contributed by atoms with van der Waals surface area (Å²) in [6.45, 7) is 0. The van der Waals surface area contributed by atoms with Crippen LogP contribution in [0.4, 0.5) is 8.78 Å². The first-order chi connectivity index (χ1) is 5.45. The number of hydrogen-bond donors (Lipinski definition) is 2. The van der Waals surface area contributed by atoms with Gasteiger partial charge in [-0.15, -0.1) is 0 Å². The standard InChI is InChI=1S/C7H11F2NO2/c8-7(9)3-1-2-4(5(7)10)6(11)12/h4-5H,1-3,10H2,(H,11,12). The van der Waals surface area contributed by atoms with Gasteiger partial charge in [0.25, 0.3) is 5.92 Å². The highest BCUT2D eigenvalue weighted by atomic mass is 19.3. The average molecular weight is 179 g/mol. The van der Waals surface area contributed by atoms with Crippen LogP contribution in [0.2, 0.25) is 0 Å². The van der Waals surface area contributed by atoms with Gasteiger partial charge in [-0.2, -0.15) is 0 Å². The molecule has 0 heterocycles. The molecule has 0 saturated heterocycles. The van der Waals surface area contributed by atoms with Crippen molar-refractivity contribution < 1.29 is 18.7 Å². The van der Waals surface area contributed by atoms with Crippen LogP contribution in [0.25, 0.3) is 0 Å². The molecule has 1 fully saturated rings. The first-order valence-corrected chi connectivity index (χ1v) is 3.81. The molecule has 0 bridgehead atoms. The van der Waals surface area contributed by atoms with Crippen LogP contribution in [-0.2, 0) is 4.79 Å². The van der Waals surface area contributed by atoms with Crippen LogP contribution in [0.1, 0.15) is 19.3 Å². The second-order valence-electron chi connectivity index (χ2n) is 3.12. The Labute approximate surface area is 68.5 Å². The number of carboxylic acid groups (broad SMARTS) is 1. The Kier molecular flexibility index (Phi) is 2.32. The third-order valence-corrected chi connectivity index (χ3v) is 2.26. The van der Waals surface area contributed by atoms with E-state index in [-0.39, 0.29) is 19.3 Å². The van der Waals surface area contributed by atoms with E-state index in [9.17, 15) is 13.6 Å². The van der Waals surface area contributed by atoms with E-state index >= 15 is 0 Å². The Morgan fingerprint density at radius 1 is 1.58 bits per heavy atom. The van der Waals surface area contributed by atoms with E-state index in [0.29, 0.717) is 0 Å². The van der Waals surface area contributed by atoms with Gasteiger partial charge in [-0.05, 0) is 12.8 Å².